The molecule has 1 fully saturated rings. The molecule has 2 rings (SSSR count). The highest BCUT2D eigenvalue weighted by Gasteiger charge is 2.21. The summed E-state index contributed by atoms with van der Waals surface area (Å²) in [4.78, 5) is 24.0. The highest BCUT2D eigenvalue weighted by molar-refractivity contribution is 5.99. The molecule has 1 aromatic rings. The van der Waals surface area contributed by atoms with E-state index < -0.39 is 0 Å². The predicted molar refractivity (Wildman–Crippen MR) is 59.7 cm³/mol. The minimum atomic E-state index is -0.264. The molecule has 4 nitrogen and oxygen atoms in total. The number of amides is 2. The number of halogens is 1. The normalized spacial score (nSPS) is 17.0. The van der Waals surface area contributed by atoms with Crippen molar-refractivity contribution >= 4 is 11.8 Å². The fourth-order valence-electron chi connectivity index (χ4n) is 1.79. The van der Waals surface area contributed by atoms with Crippen molar-refractivity contribution in [2.45, 2.75) is 6.42 Å². The first-order chi connectivity index (χ1) is 8.13. The molecule has 5 heteroatoms. The largest absolute Gasteiger partial charge is 0.294 e. The van der Waals surface area contributed by atoms with Crippen LogP contribution in [0.2, 0.25) is 0 Å². The molecule has 1 aliphatic rings. The molecule has 0 atom stereocenters. The summed E-state index contributed by atoms with van der Waals surface area (Å²) in [5.41, 5.74) is 0.991. The molecule has 0 saturated carbocycles. The summed E-state index contributed by atoms with van der Waals surface area (Å²) < 4.78 is 12.7. The van der Waals surface area contributed by atoms with Gasteiger partial charge in [0, 0.05) is 6.54 Å². The van der Waals surface area contributed by atoms with Crippen molar-refractivity contribution in [2.75, 3.05) is 19.6 Å². The summed E-state index contributed by atoms with van der Waals surface area (Å²) in [6.45, 7) is 1.10. The molecule has 0 radical (unpaired) electrons. The van der Waals surface area contributed by atoms with Crippen molar-refractivity contribution in [3.05, 3.63) is 35.6 Å². The molecule has 1 aromatic carbocycles. The van der Waals surface area contributed by atoms with Crippen LogP contribution in [0.4, 0.5) is 4.39 Å². The van der Waals surface area contributed by atoms with Gasteiger partial charge in [-0.2, -0.15) is 0 Å². The molecule has 0 aliphatic carbocycles. The van der Waals surface area contributed by atoms with Crippen LogP contribution >= 0.6 is 0 Å². The van der Waals surface area contributed by atoms with Crippen LogP contribution in [-0.4, -0.2) is 36.3 Å². The second-order valence-corrected chi connectivity index (χ2v) is 4.06. The number of hydrogen-bond acceptors (Lipinski definition) is 3. The summed E-state index contributed by atoms with van der Waals surface area (Å²) in [5.74, 6) is -0.790. The monoisotopic (exact) mass is 236 g/mol. The molecule has 1 aliphatic heterocycles. The van der Waals surface area contributed by atoms with E-state index in [0.717, 1.165) is 5.56 Å². The quantitative estimate of drug-likeness (QED) is 0.769. The average molecular weight is 236 g/mol. The zero-order chi connectivity index (χ0) is 12.3. The Hall–Kier alpha value is -1.75. The molecular formula is C12H13FN2O2. The third-order valence-corrected chi connectivity index (χ3v) is 2.64. The number of nitrogens with zero attached hydrogens (tertiary/aromatic N) is 1. The Labute approximate surface area is 98.4 Å². The van der Waals surface area contributed by atoms with Gasteiger partial charge in [-0.3, -0.25) is 19.8 Å². The number of hydrogen-bond donors (Lipinski definition) is 1. The van der Waals surface area contributed by atoms with Crippen molar-refractivity contribution in [2.24, 2.45) is 0 Å². The lowest BCUT2D eigenvalue weighted by Crippen LogP contribution is -2.51. The van der Waals surface area contributed by atoms with Crippen molar-refractivity contribution in [1.29, 1.82) is 0 Å². The fourth-order valence-corrected chi connectivity index (χ4v) is 1.79. The lowest BCUT2D eigenvalue weighted by molar-refractivity contribution is -0.135. The summed E-state index contributed by atoms with van der Waals surface area (Å²) in [5, 5.41) is 2.25. The molecule has 0 unspecified atom stereocenters. The van der Waals surface area contributed by atoms with Gasteiger partial charge in [-0.05, 0) is 24.1 Å². The molecule has 0 bridgehead atoms. The van der Waals surface area contributed by atoms with Gasteiger partial charge in [0.2, 0.25) is 11.8 Å². The molecule has 1 N–H and O–H groups in total. The minimum Gasteiger partial charge on any atom is -0.294 e. The first kappa shape index (κ1) is 11.7. The van der Waals surface area contributed by atoms with Crippen LogP contribution in [0.1, 0.15) is 5.56 Å². The second-order valence-electron chi connectivity index (χ2n) is 4.06. The Morgan fingerprint density at radius 2 is 1.71 bits per heavy atom. The Morgan fingerprint density at radius 1 is 1.12 bits per heavy atom. The van der Waals surface area contributed by atoms with Gasteiger partial charge in [-0.25, -0.2) is 4.39 Å². The Balaban J connectivity index is 1.87. The summed E-state index contributed by atoms with van der Waals surface area (Å²) in [6.07, 6.45) is 0.695. The van der Waals surface area contributed by atoms with Crippen LogP contribution in [0, 0.1) is 5.82 Å². The minimum absolute atomic E-state index is 0.243. The Bertz CT molecular complexity index is 415. The standard InChI is InChI=1S/C12H13FN2O2/c13-10-3-1-9(2-4-10)5-6-15-7-11(16)14-12(17)8-15/h1-4H,5-8H2,(H,14,16,17). The number of carbonyl (C=O) groups excluding carboxylic acids is 2. The average Bonchev–Trinajstić information content (AvgIpc) is 2.27. The highest BCUT2D eigenvalue weighted by Crippen LogP contribution is 2.05. The zero-order valence-corrected chi connectivity index (χ0v) is 9.28. The fraction of sp³-hybridized carbons (Fsp3) is 0.333. The highest BCUT2D eigenvalue weighted by atomic mass is 19.1. The third-order valence-electron chi connectivity index (χ3n) is 2.64. The summed E-state index contributed by atoms with van der Waals surface area (Å²) in [7, 11) is 0. The van der Waals surface area contributed by atoms with E-state index in [1.807, 2.05) is 0 Å². The number of nitrogens with one attached hydrogen (secondary N) is 1. The number of rotatable bonds is 3. The number of piperazine rings is 1. The third kappa shape index (κ3) is 3.35. The van der Waals surface area contributed by atoms with Crippen molar-refractivity contribution in [1.82, 2.24) is 10.2 Å². The lowest BCUT2D eigenvalue weighted by Gasteiger charge is -2.24. The topological polar surface area (TPSA) is 49.4 Å². The molecule has 17 heavy (non-hydrogen) atoms. The smallest absolute Gasteiger partial charge is 0.240 e. The maximum Gasteiger partial charge on any atom is 0.240 e. The van der Waals surface area contributed by atoms with Crippen molar-refractivity contribution in [3.8, 4) is 0 Å². The van der Waals surface area contributed by atoms with Crippen LogP contribution < -0.4 is 5.32 Å². The number of imide groups is 1. The van der Waals surface area contributed by atoms with E-state index >= 15 is 0 Å². The molecule has 1 saturated heterocycles. The zero-order valence-electron chi connectivity index (χ0n) is 9.28. The van der Waals surface area contributed by atoms with E-state index in [4.69, 9.17) is 0 Å². The van der Waals surface area contributed by atoms with Gasteiger partial charge in [0.05, 0.1) is 13.1 Å². The molecule has 0 aromatic heterocycles. The van der Waals surface area contributed by atoms with E-state index in [0.29, 0.717) is 13.0 Å². The first-order valence-corrected chi connectivity index (χ1v) is 5.43. The maximum absolute atomic E-state index is 12.7. The SMILES string of the molecule is O=C1CN(CCc2ccc(F)cc2)CC(=O)N1. The number of carbonyl (C=O) groups is 2. The number of benzene rings is 1. The van der Waals surface area contributed by atoms with Gasteiger partial charge in [0.15, 0.2) is 0 Å². The van der Waals surface area contributed by atoms with E-state index in [9.17, 15) is 14.0 Å². The van der Waals surface area contributed by atoms with Crippen molar-refractivity contribution < 1.29 is 14.0 Å². The van der Waals surface area contributed by atoms with Crippen LogP contribution in [-0.2, 0) is 16.0 Å². The second kappa shape index (κ2) is 5.05. The van der Waals surface area contributed by atoms with Gasteiger partial charge < -0.3 is 0 Å². The van der Waals surface area contributed by atoms with E-state index in [-0.39, 0.29) is 30.7 Å². The van der Waals surface area contributed by atoms with Gasteiger partial charge in [0.1, 0.15) is 5.82 Å². The van der Waals surface area contributed by atoms with Gasteiger partial charge in [0.25, 0.3) is 0 Å². The predicted octanol–water partition coefficient (Wildman–Crippen LogP) is 0.327. The van der Waals surface area contributed by atoms with E-state index in [1.165, 1.54) is 12.1 Å². The molecule has 90 valence electrons. The lowest BCUT2D eigenvalue weighted by atomic mass is 10.1. The van der Waals surface area contributed by atoms with Crippen LogP contribution in [0.5, 0.6) is 0 Å². The van der Waals surface area contributed by atoms with Crippen LogP contribution in [0.25, 0.3) is 0 Å². The summed E-state index contributed by atoms with van der Waals surface area (Å²) >= 11 is 0. The van der Waals surface area contributed by atoms with Crippen LogP contribution in [0.3, 0.4) is 0 Å². The molecule has 2 amide bonds. The van der Waals surface area contributed by atoms with Gasteiger partial charge in [-0.1, -0.05) is 12.1 Å². The summed E-state index contributed by atoms with van der Waals surface area (Å²) in [6, 6.07) is 6.23. The first-order valence-electron chi connectivity index (χ1n) is 5.43. The Kier molecular flexibility index (Phi) is 3.49. The van der Waals surface area contributed by atoms with Crippen molar-refractivity contribution in [3.63, 3.8) is 0 Å². The Morgan fingerprint density at radius 3 is 2.29 bits per heavy atom. The molecule has 0 spiro atoms. The van der Waals surface area contributed by atoms with E-state index in [1.54, 1.807) is 17.0 Å². The molecule has 1 heterocycles. The maximum atomic E-state index is 12.7. The molecular weight excluding hydrogens is 223 g/mol. The van der Waals surface area contributed by atoms with Gasteiger partial charge in [-0.15, -0.1) is 0 Å². The van der Waals surface area contributed by atoms with E-state index in [2.05, 4.69) is 5.32 Å². The van der Waals surface area contributed by atoms with Gasteiger partial charge >= 0.3 is 0 Å². The van der Waals surface area contributed by atoms with Crippen LogP contribution in [0.15, 0.2) is 24.3 Å².